The number of ether oxygens (including phenoxy) is 1. The van der Waals surface area contributed by atoms with Crippen molar-refractivity contribution in [2.45, 2.75) is 25.9 Å². The van der Waals surface area contributed by atoms with Crippen molar-refractivity contribution in [2.75, 3.05) is 6.61 Å². The Morgan fingerprint density at radius 3 is 2.87 bits per heavy atom. The fraction of sp³-hybridized carbons (Fsp3) is 0.417. The molecule has 3 nitrogen and oxygen atoms in total. The Kier molecular flexibility index (Phi) is 3.86. The van der Waals surface area contributed by atoms with E-state index in [2.05, 4.69) is 0 Å². The third-order valence-electron chi connectivity index (χ3n) is 2.25. The molecule has 0 fully saturated rings. The summed E-state index contributed by atoms with van der Waals surface area (Å²) in [6.07, 6.45) is 0.802. The number of rotatable bonds is 5. The molecule has 1 unspecified atom stereocenters. The molecular formula is C12H16O3. The van der Waals surface area contributed by atoms with E-state index in [1.807, 2.05) is 13.0 Å². The Labute approximate surface area is 89.7 Å². The van der Waals surface area contributed by atoms with Crippen LogP contribution in [0.1, 0.15) is 25.8 Å². The molecule has 1 aromatic rings. The molecule has 0 aromatic heterocycles. The van der Waals surface area contributed by atoms with Crippen molar-refractivity contribution in [1.82, 2.24) is 0 Å². The largest absolute Gasteiger partial charge is 0.494 e. The second-order valence-electron chi connectivity index (χ2n) is 3.61. The van der Waals surface area contributed by atoms with Gasteiger partial charge in [-0.1, -0.05) is 12.1 Å². The van der Waals surface area contributed by atoms with E-state index in [9.17, 15) is 9.90 Å². The van der Waals surface area contributed by atoms with Gasteiger partial charge in [-0.25, -0.2) is 0 Å². The first kappa shape index (κ1) is 11.7. The summed E-state index contributed by atoms with van der Waals surface area (Å²) in [7, 11) is 0. The van der Waals surface area contributed by atoms with Crippen molar-refractivity contribution in [2.24, 2.45) is 0 Å². The lowest BCUT2D eigenvalue weighted by molar-refractivity contribution is -0.112. The number of hydrogen-bond acceptors (Lipinski definition) is 3. The molecule has 15 heavy (non-hydrogen) atoms. The molecule has 0 radical (unpaired) electrons. The van der Waals surface area contributed by atoms with E-state index in [4.69, 9.17) is 4.74 Å². The second kappa shape index (κ2) is 4.94. The molecule has 0 bridgehead atoms. The van der Waals surface area contributed by atoms with Crippen LogP contribution in [0.5, 0.6) is 5.75 Å². The van der Waals surface area contributed by atoms with Gasteiger partial charge in [-0.15, -0.1) is 0 Å². The summed E-state index contributed by atoms with van der Waals surface area (Å²) in [5.74, 6) is 0.709. The number of aldehydes is 1. The number of carbonyl (C=O) groups is 1. The van der Waals surface area contributed by atoms with E-state index in [0.29, 0.717) is 24.2 Å². The van der Waals surface area contributed by atoms with Crippen LogP contribution in [0, 0.1) is 0 Å². The predicted molar refractivity (Wildman–Crippen MR) is 57.9 cm³/mol. The van der Waals surface area contributed by atoms with Crippen molar-refractivity contribution < 1.29 is 14.6 Å². The Morgan fingerprint density at radius 2 is 2.27 bits per heavy atom. The zero-order chi connectivity index (χ0) is 11.3. The lowest BCUT2D eigenvalue weighted by atomic mass is 9.93. The molecule has 0 saturated heterocycles. The number of benzene rings is 1. The van der Waals surface area contributed by atoms with Gasteiger partial charge in [0.2, 0.25) is 0 Å². The van der Waals surface area contributed by atoms with Crippen LogP contribution in [0.2, 0.25) is 0 Å². The first-order valence-corrected chi connectivity index (χ1v) is 4.99. The molecule has 0 amide bonds. The maximum absolute atomic E-state index is 10.4. The molecule has 0 aliphatic rings. The van der Waals surface area contributed by atoms with Gasteiger partial charge >= 0.3 is 0 Å². The molecule has 0 heterocycles. The van der Waals surface area contributed by atoms with E-state index in [1.165, 1.54) is 0 Å². The normalized spacial score (nSPS) is 14.3. The highest BCUT2D eigenvalue weighted by atomic mass is 16.5. The molecular weight excluding hydrogens is 192 g/mol. The minimum Gasteiger partial charge on any atom is -0.494 e. The van der Waals surface area contributed by atoms with E-state index in [1.54, 1.807) is 25.1 Å². The van der Waals surface area contributed by atoms with Crippen LogP contribution in [0.3, 0.4) is 0 Å². The summed E-state index contributed by atoms with van der Waals surface area (Å²) in [6, 6.07) is 7.17. The standard InChI is InChI=1S/C12H16O3/c1-3-15-11-6-4-5-10(9-11)12(2,14)7-8-13/h4-6,8-9,14H,3,7H2,1-2H3. The average Bonchev–Trinajstić information content (AvgIpc) is 2.19. The summed E-state index contributed by atoms with van der Waals surface area (Å²) >= 11 is 0. The van der Waals surface area contributed by atoms with E-state index in [0.717, 1.165) is 0 Å². The van der Waals surface area contributed by atoms with Gasteiger partial charge in [0.15, 0.2) is 0 Å². The van der Waals surface area contributed by atoms with Gasteiger partial charge in [-0.05, 0) is 31.5 Å². The van der Waals surface area contributed by atoms with Crippen molar-refractivity contribution in [3.05, 3.63) is 29.8 Å². The van der Waals surface area contributed by atoms with Gasteiger partial charge in [0.05, 0.1) is 12.2 Å². The number of aliphatic hydroxyl groups is 1. The first-order valence-electron chi connectivity index (χ1n) is 4.99. The molecule has 82 valence electrons. The summed E-state index contributed by atoms with van der Waals surface area (Å²) < 4.78 is 5.32. The summed E-state index contributed by atoms with van der Waals surface area (Å²) in [4.78, 5) is 10.4. The summed E-state index contributed by atoms with van der Waals surface area (Å²) in [5, 5.41) is 9.99. The van der Waals surface area contributed by atoms with Gasteiger partial charge in [0.1, 0.15) is 12.0 Å². The van der Waals surface area contributed by atoms with Crippen LogP contribution in [0.15, 0.2) is 24.3 Å². The van der Waals surface area contributed by atoms with Crippen LogP contribution < -0.4 is 4.74 Å². The SMILES string of the molecule is CCOc1cccc(C(C)(O)CC=O)c1. The topological polar surface area (TPSA) is 46.5 Å². The summed E-state index contributed by atoms with van der Waals surface area (Å²) in [5.41, 5.74) is -0.421. The molecule has 1 atom stereocenters. The molecule has 1 N–H and O–H groups in total. The molecule has 0 spiro atoms. The zero-order valence-electron chi connectivity index (χ0n) is 9.06. The van der Waals surface area contributed by atoms with Gasteiger partial charge in [0, 0.05) is 6.42 Å². The van der Waals surface area contributed by atoms with Crippen molar-refractivity contribution in [3.63, 3.8) is 0 Å². The Balaban J connectivity index is 2.93. The average molecular weight is 208 g/mol. The van der Waals surface area contributed by atoms with E-state index >= 15 is 0 Å². The third-order valence-corrected chi connectivity index (χ3v) is 2.25. The Hall–Kier alpha value is -1.35. The molecule has 3 heteroatoms. The lowest BCUT2D eigenvalue weighted by Gasteiger charge is -2.21. The third kappa shape index (κ3) is 3.06. The van der Waals surface area contributed by atoms with Gasteiger partial charge in [-0.2, -0.15) is 0 Å². The van der Waals surface area contributed by atoms with Crippen molar-refractivity contribution in [1.29, 1.82) is 0 Å². The van der Waals surface area contributed by atoms with Crippen LogP contribution >= 0.6 is 0 Å². The summed E-state index contributed by atoms with van der Waals surface area (Å²) in [6.45, 7) is 4.10. The lowest BCUT2D eigenvalue weighted by Crippen LogP contribution is -2.21. The molecule has 0 aliphatic carbocycles. The number of hydrogen-bond donors (Lipinski definition) is 1. The predicted octanol–water partition coefficient (Wildman–Crippen LogP) is 1.88. The molecule has 1 rings (SSSR count). The van der Waals surface area contributed by atoms with Crippen molar-refractivity contribution >= 4 is 6.29 Å². The van der Waals surface area contributed by atoms with Crippen LogP contribution in [-0.4, -0.2) is 18.0 Å². The minimum absolute atomic E-state index is 0.0859. The Bertz CT molecular complexity index is 331. The molecule has 0 saturated carbocycles. The fourth-order valence-corrected chi connectivity index (χ4v) is 1.37. The monoisotopic (exact) mass is 208 g/mol. The number of carbonyl (C=O) groups excluding carboxylic acids is 1. The molecule has 1 aromatic carbocycles. The van der Waals surface area contributed by atoms with Crippen LogP contribution in [-0.2, 0) is 10.4 Å². The van der Waals surface area contributed by atoms with Crippen molar-refractivity contribution in [3.8, 4) is 5.75 Å². The highest BCUT2D eigenvalue weighted by Gasteiger charge is 2.22. The highest BCUT2D eigenvalue weighted by Crippen LogP contribution is 2.26. The van der Waals surface area contributed by atoms with Gasteiger partial charge < -0.3 is 14.6 Å². The van der Waals surface area contributed by atoms with E-state index < -0.39 is 5.60 Å². The van der Waals surface area contributed by atoms with Crippen LogP contribution in [0.25, 0.3) is 0 Å². The van der Waals surface area contributed by atoms with E-state index in [-0.39, 0.29) is 6.42 Å². The minimum atomic E-state index is -1.12. The molecule has 0 aliphatic heterocycles. The zero-order valence-corrected chi connectivity index (χ0v) is 9.06. The second-order valence-corrected chi connectivity index (χ2v) is 3.61. The maximum atomic E-state index is 10.4. The van der Waals surface area contributed by atoms with Gasteiger partial charge in [0.25, 0.3) is 0 Å². The van der Waals surface area contributed by atoms with Crippen LogP contribution in [0.4, 0.5) is 0 Å². The highest BCUT2D eigenvalue weighted by molar-refractivity contribution is 5.52. The maximum Gasteiger partial charge on any atom is 0.123 e. The smallest absolute Gasteiger partial charge is 0.123 e. The quantitative estimate of drug-likeness (QED) is 0.751. The Morgan fingerprint density at radius 1 is 1.53 bits per heavy atom. The van der Waals surface area contributed by atoms with Gasteiger partial charge in [-0.3, -0.25) is 0 Å². The fourth-order valence-electron chi connectivity index (χ4n) is 1.37. The first-order chi connectivity index (χ1) is 7.10.